The second kappa shape index (κ2) is 7.68. The zero-order valence-corrected chi connectivity index (χ0v) is 17.7. The maximum atomic E-state index is 13.8. The van der Waals surface area contributed by atoms with Gasteiger partial charge in [-0.15, -0.1) is 4.40 Å². The molecule has 0 bridgehead atoms. The van der Waals surface area contributed by atoms with Gasteiger partial charge < -0.3 is 0 Å². The highest BCUT2D eigenvalue weighted by molar-refractivity contribution is 7.91. The SMILES string of the molecule is CC(C)CN(/N=C/c1ccc(F)c(S(C)(=O)=O)c1)C1=NS(=O)(=O)c2ccccc21. The van der Waals surface area contributed by atoms with Crippen molar-refractivity contribution in [1.29, 1.82) is 0 Å². The minimum atomic E-state index is -3.81. The van der Waals surface area contributed by atoms with E-state index >= 15 is 0 Å². The number of rotatable bonds is 5. The fourth-order valence-electron chi connectivity index (χ4n) is 2.83. The van der Waals surface area contributed by atoms with Gasteiger partial charge in [0.1, 0.15) is 15.6 Å². The fraction of sp³-hybridized carbons (Fsp3) is 0.263. The Morgan fingerprint density at radius 1 is 1.21 bits per heavy atom. The van der Waals surface area contributed by atoms with Crippen molar-refractivity contribution in [1.82, 2.24) is 5.01 Å². The molecular formula is C19H20FN3O4S2. The Morgan fingerprint density at radius 2 is 1.90 bits per heavy atom. The number of nitrogens with zero attached hydrogens (tertiary/aromatic N) is 3. The van der Waals surface area contributed by atoms with E-state index in [1.54, 1.807) is 18.2 Å². The second-order valence-corrected chi connectivity index (χ2v) is 10.6. The summed E-state index contributed by atoms with van der Waals surface area (Å²) in [5.41, 5.74) is 0.802. The van der Waals surface area contributed by atoms with Crippen LogP contribution in [0.25, 0.3) is 0 Å². The molecule has 3 rings (SSSR count). The number of hydrazone groups is 1. The van der Waals surface area contributed by atoms with E-state index in [9.17, 15) is 21.2 Å². The molecule has 0 atom stereocenters. The predicted octanol–water partition coefficient (Wildman–Crippen LogP) is 2.67. The Morgan fingerprint density at radius 3 is 2.55 bits per heavy atom. The summed E-state index contributed by atoms with van der Waals surface area (Å²) in [6.45, 7) is 4.26. The highest BCUT2D eigenvalue weighted by Crippen LogP contribution is 2.28. The minimum Gasteiger partial charge on any atom is -0.246 e. The first-order chi connectivity index (χ1) is 13.5. The third-order valence-electron chi connectivity index (χ3n) is 4.10. The quantitative estimate of drug-likeness (QED) is 0.529. The van der Waals surface area contributed by atoms with Gasteiger partial charge >= 0.3 is 0 Å². The Kier molecular flexibility index (Phi) is 5.59. The summed E-state index contributed by atoms with van der Waals surface area (Å²) in [6.07, 6.45) is 2.28. The molecule has 0 unspecified atom stereocenters. The summed E-state index contributed by atoms with van der Waals surface area (Å²) in [7, 11) is -7.54. The summed E-state index contributed by atoms with van der Waals surface area (Å²) in [5.74, 6) is -0.523. The number of amidine groups is 1. The highest BCUT2D eigenvalue weighted by Gasteiger charge is 2.31. The van der Waals surface area contributed by atoms with Gasteiger partial charge in [0.15, 0.2) is 15.7 Å². The summed E-state index contributed by atoms with van der Waals surface area (Å²) in [6, 6.07) is 10.1. The Labute approximate surface area is 169 Å². The molecule has 0 saturated heterocycles. The van der Waals surface area contributed by atoms with E-state index < -0.39 is 30.6 Å². The molecule has 1 aliphatic heterocycles. The van der Waals surface area contributed by atoms with E-state index in [1.807, 2.05) is 13.8 Å². The molecule has 0 amide bonds. The largest absolute Gasteiger partial charge is 0.285 e. The van der Waals surface area contributed by atoms with Crippen molar-refractivity contribution in [3.05, 3.63) is 59.4 Å². The normalized spacial score (nSPS) is 15.6. The molecule has 154 valence electrons. The Balaban J connectivity index is 2.03. The summed E-state index contributed by atoms with van der Waals surface area (Å²) >= 11 is 0. The van der Waals surface area contributed by atoms with Gasteiger partial charge in [-0.2, -0.15) is 13.5 Å². The zero-order chi connectivity index (χ0) is 21.4. The third-order valence-corrected chi connectivity index (χ3v) is 6.53. The predicted molar refractivity (Wildman–Crippen MR) is 109 cm³/mol. The molecule has 0 saturated carbocycles. The van der Waals surface area contributed by atoms with Crippen LogP contribution < -0.4 is 0 Å². The fourth-order valence-corrected chi connectivity index (χ4v) is 4.81. The topological polar surface area (TPSA) is 96.2 Å². The molecule has 29 heavy (non-hydrogen) atoms. The van der Waals surface area contributed by atoms with Gasteiger partial charge in [-0.3, -0.25) is 0 Å². The van der Waals surface area contributed by atoms with Gasteiger partial charge in [-0.05, 0) is 35.7 Å². The monoisotopic (exact) mass is 437 g/mol. The molecule has 10 heteroatoms. The van der Waals surface area contributed by atoms with Crippen molar-refractivity contribution >= 4 is 31.9 Å². The molecule has 0 aromatic heterocycles. The van der Waals surface area contributed by atoms with Crippen molar-refractivity contribution < 1.29 is 21.2 Å². The molecule has 0 aliphatic carbocycles. The number of hydrogen-bond acceptors (Lipinski definition) is 6. The molecule has 7 nitrogen and oxygen atoms in total. The van der Waals surface area contributed by atoms with E-state index in [4.69, 9.17) is 0 Å². The lowest BCUT2D eigenvalue weighted by Gasteiger charge is -2.21. The Bertz CT molecular complexity index is 1220. The molecule has 1 heterocycles. The molecule has 0 N–H and O–H groups in total. The van der Waals surface area contributed by atoms with Crippen LogP contribution in [-0.4, -0.2) is 46.7 Å². The maximum Gasteiger partial charge on any atom is 0.285 e. The minimum absolute atomic E-state index is 0.111. The van der Waals surface area contributed by atoms with E-state index in [1.165, 1.54) is 29.4 Å². The second-order valence-electron chi connectivity index (χ2n) is 7.07. The molecule has 2 aromatic rings. The molecule has 0 radical (unpaired) electrons. The maximum absolute atomic E-state index is 13.8. The van der Waals surface area contributed by atoms with Crippen molar-refractivity contribution in [3.63, 3.8) is 0 Å². The third kappa shape index (κ3) is 4.54. The van der Waals surface area contributed by atoms with Crippen molar-refractivity contribution in [2.75, 3.05) is 12.8 Å². The lowest BCUT2D eigenvalue weighted by atomic mass is 10.1. The van der Waals surface area contributed by atoms with Crippen LogP contribution in [0, 0.1) is 11.7 Å². The molecular weight excluding hydrogens is 417 g/mol. The van der Waals surface area contributed by atoms with Crippen LogP contribution in [0.3, 0.4) is 0 Å². The molecule has 0 fully saturated rings. The van der Waals surface area contributed by atoms with E-state index in [2.05, 4.69) is 9.50 Å². The number of fused-ring (bicyclic) bond motifs is 1. The van der Waals surface area contributed by atoms with Crippen LogP contribution >= 0.6 is 0 Å². The van der Waals surface area contributed by atoms with Gasteiger partial charge in [-0.25, -0.2) is 17.8 Å². The van der Waals surface area contributed by atoms with E-state index in [0.29, 0.717) is 17.7 Å². The summed E-state index contributed by atoms with van der Waals surface area (Å²) in [4.78, 5) is -0.317. The van der Waals surface area contributed by atoms with Crippen LogP contribution in [0.1, 0.15) is 25.0 Å². The van der Waals surface area contributed by atoms with Crippen LogP contribution in [0.5, 0.6) is 0 Å². The van der Waals surface area contributed by atoms with Gasteiger partial charge in [0.05, 0.1) is 6.21 Å². The standard InChI is InChI=1S/C19H20FN3O4S2/c1-13(2)12-23(19-15-6-4-5-7-17(15)29(26,27)22-19)21-11-14-8-9-16(20)18(10-14)28(3,24)25/h4-11,13H,12H2,1-3H3/b21-11+. The van der Waals surface area contributed by atoms with Gasteiger partial charge in [0.25, 0.3) is 10.0 Å². The van der Waals surface area contributed by atoms with Gasteiger partial charge in [0, 0.05) is 18.4 Å². The first-order valence-corrected chi connectivity index (χ1v) is 12.1. The van der Waals surface area contributed by atoms with Crippen molar-refractivity contribution in [2.24, 2.45) is 15.4 Å². The number of sulfone groups is 1. The van der Waals surface area contributed by atoms with E-state index in [0.717, 1.165) is 12.3 Å². The number of halogens is 1. The number of hydrogen-bond donors (Lipinski definition) is 0. The molecule has 2 aromatic carbocycles. The Hall–Kier alpha value is -2.59. The van der Waals surface area contributed by atoms with Gasteiger partial charge in [-0.1, -0.05) is 32.0 Å². The summed E-state index contributed by atoms with van der Waals surface area (Å²) < 4.78 is 65.8. The smallest absolute Gasteiger partial charge is 0.246 e. The highest BCUT2D eigenvalue weighted by atomic mass is 32.2. The van der Waals surface area contributed by atoms with Gasteiger partial charge in [0.2, 0.25) is 0 Å². The average molecular weight is 438 g/mol. The molecule has 0 spiro atoms. The lowest BCUT2D eigenvalue weighted by Crippen LogP contribution is -2.29. The van der Waals surface area contributed by atoms with Crippen molar-refractivity contribution in [2.45, 2.75) is 23.6 Å². The number of benzene rings is 2. The average Bonchev–Trinajstić information content (AvgIpc) is 2.90. The number of sulfonamides is 1. The summed E-state index contributed by atoms with van der Waals surface area (Å²) in [5, 5.41) is 5.79. The van der Waals surface area contributed by atoms with Crippen LogP contribution in [0.4, 0.5) is 4.39 Å². The van der Waals surface area contributed by atoms with Crippen molar-refractivity contribution in [3.8, 4) is 0 Å². The zero-order valence-electron chi connectivity index (χ0n) is 16.1. The lowest BCUT2D eigenvalue weighted by molar-refractivity contribution is 0.386. The van der Waals surface area contributed by atoms with Crippen LogP contribution in [0.15, 0.2) is 61.8 Å². The van der Waals surface area contributed by atoms with Crippen LogP contribution in [0.2, 0.25) is 0 Å². The first-order valence-electron chi connectivity index (χ1n) is 8.74. The van der Waals surface area contributed by atoms with Crippen LogP contribution in [-0.2, 0) is 19.9 Å². The first kappa shape index (κ1) is 21.1. The molecule has 1 aliphatic rings. The van der Waals surface area contributed by atoms with E-state index in [-0.39, 0.29) is 16.6 Å².